The molecule has 0 saturated heterocycles. The lowest BCUT2D eigenvalue weighted by atomic mass is 10.1. The maximum atomic E-state index is 5.28. The smallest absolute Gasteiger partial charge is 0.121 e. The average molecular weight is 334 g/mol. The number of nitrogens with one attached hydrogen (secondary N) is 1. The molecule has 0 radical (unpaired) electrons. The van der Waals surface area contributed by atoms with E-state index in [2.05, 4.69) is 66.3 Å². The molecule has 1 N–H and O–H groups in total. The first kappa shape index (κ1) is 14.9. The predicted molar refractivity (Wildman–Crippen MR) is 88.7 cm³/mol. The summed E-state index contributed by atoms with van der Waals surface area (Å²) in [5, 5.41) is 3.47. The van der Waals surface area contributed by atoms with E-state index in [-0.39, 0.29) is 0 Å². The van der Waals surface area contributed by atoms with E-state index in [1.165, 1.54) is 21.2 Å². The first-order valence-corrected chi connectivity index (χ1v) is 7.44. The van der Waals surface area contributed by atoms with Crippen LogP contribution in [0, 0.1) is 20.8 Å². The molecule has 0 fully saturated rings. The summed E-state index contributed by atoms with van der Waals surface area (Å²) in [6.45, 7) is 7.10. The van der Waals surface area contributed by atoms with Crippen LogP contribution in [0.15, 0.2) is 34.8 Å². The second-order valence-corrected chi connectivity index (χ2v) is 5.87. The van der Waals surface area contributed by atoms with Gasteiger partial charge in [-0.1, -0.05) is 28.1 Å². The van der Waals surface area contributed by atoms with Crippen LogP contribution in [-0.2, 0) is 6.54 Å². The Balaban J connectivity index is 2.11. The molecule has 0 spiro atoms. The minimum Gasteiger partial charge on any atom is -0.496 e. The van der Waals surface area contributed by atoms with Crippen molar-refractivity contribution < 1.29 is 4.74 Å². The van der Waals surface area contributed by atoms with Gasteiger partial charge in [0.15, 0.2) is 0 Å². The third kappa shape index (κ3) is 3.34. The number of methoxy groups -OCH3 is 1. The highest BCUT2D eigenvalue weighted by Crippen LogP contribution is 2.25. The number of ether oxygens (including phenoxy) is 1. The third-order valence-electron chi connectivity index (χ3n) is 3.39. The molecule has 0 aliphatic carbocycles. The van der Waals surface area contributed by atoms with E-state index in [4.69, 9.17) is 4.74 Å². The summed E-state index contributed by atoms with van der Waals surface area (Å²) in [7, 11) is 1.70. The molecule has 0 bridgehead atoms. The van der Waals surface area contributed by atoms with Gasteiger partial charge in [0.2, 0.25) is 0 Å². The molecule has 2 nitrogen and oxygen atoms in total. The number of rotatable bonds is 4. The van der Waals surface area contributed by atoms with Gasteiger partial charge >= 0.3 is 0 Å². The number of hydrogen-bond donors (Lipinski definition) is 1. The lowest BCUT2D eigenvalue weighted by Gasteiger charge is -2.12. The van der Waals surface area contributed by atoms with Crippen LogP contribution in [0.25, 0.3) is 0 Å². The topological polar surface area (TPSA) is 21.3 Å². The van der Waals surface area contributed by atoms with Crippen LogP contribution in [0.3, 0.4) is 0 Å². The van der Waals surface area contributed by atoms with Gasteiger partial charge in [-0.15, -0.1) is 0 Å². The summed E-state index contributed by atoms with van der Waals surface area (Å²) in [4.78, 5) is 0. The Kier molecular flexibility index (Phi) is 4.71. The standard InChI is InChI=1S/C17H20BrNO/c1-11-7-14(5-6-16(11)20-4)10-19-15-8-12(2)17(18)13(3)9-15/h5-9,19H,10H2,1-4H3. The molecule has 0 saturated carbocycles. The van der Waals surface area contributed by atoms with Crippen molar-refractivity contribution in [3.63, 3.8) is 0 Å². The summed E-state index contributed by atoms with van der Waals surface area (Å²) < 4.78 is 6.47. The monoisotopic (exact) mass is 333 g/mol. The molecule has 2 rings (SSSR count). The molecule has 0 heterocycles. The maximum absolute atomic E-state index is 5.28. The average Bonchev–Trinajstić information content (AvgIpc) is 2.42. The number of anilines is 1. The Labute approximate surface area is 129 Å². The summed E-state index contributed by atoms with van der Waals surface area (Å²) >= 11 is 3.59. The molecule has 0 aliphatic heterocycles. The fourth-order valence-corrected chi connectivity index (χ4v) is 2.53. The van der Waals surface area contributed by atoms with Crippen molar-refractivity contribution in [1.82, 2.24) is 0 Å². The number of halogens is 1. The SMILES string of the molecule is COc1ccc(CNc2cc(C)c(Br)c(C)c2)cc1C. The van der Waals surface area contributed by atoms with E-state index in [0.29, 0.717) is 0 Å². The summed E-state index contributed by atoms with van der Waals surface area (Å²) in [5.74, 6) is 0.934. The van der Waals surface area contributed by atoms with E-state index in [1.54, 1.807) is 7.11 Å². The molecule has 0 aromatic heterocycles. The molecular formula is C17H20BrNO. The highest BCUT2D eigenvalue weighted by atomic mass is 79.9. The van der Waals surface area contributed by atoms with Crippen molar-refractivity contribution in [2.45, 2.75) is 27.3 Å². The molecule has 2 aromatic carbocycles. The fourth-order valence-electron chi connectivity index (χ4n) is 2.30. The predicted octanol–water partition coefficient (Wildman–Crippen LogP) is 5.00. The molecule has 20 heavy (non-hydrogen) atoms. The zero-order chi connectivity index (χ0) is 14.7. The first-order chi connectivity index (χ1) is 9.51. The lowest BCUT2D eigenvalue weighted by Crippen LogP contribution is -2.01. The fraction of sp³-hybridized carbons (Fsp3) is 0.294. The maximum Gasteiger partial charge on any atom is 0.121 e. The van der Waals surface area contributed by atoms with Crippen molar-refractivity contribution in [2.75, 3.05) is 12.4 Å². The quantitative estimate of drug-likeness (QED) is 0.850. The Hall–Kier alpha value is -1.48. The molecule has 0 aliphatic rings. The van der Waals surface area contributed by atoms with Crippen LogP contribution in [0.5, 0.6) is 5.75 Å². The number of aryl methyl sites for hydroxylation is 3. The summed E-state index contributed by atoms with van der Waals surface area (Å²) in [6, 6.07) is 10.6. The van der Waals surface area contributed by atoms with Crippen LogP contribution in [-0.4, -0.2) is 7.11 Å². The Morgan fingerprint density at radius 3 is 2.20 bits per heavy atom. The molecular weight excluding hydrogens is 314 g/mol. The van der Waals surface area contributed by atoms with Gasteiger partial charge in [0.25, 0.3) is 0 Å². The Morgan fingerprint density at radius 2 is 1.65 bits per heavy atom. The highest BCUT2D eigenvalue weighted by molar-refractivity contribution is 9.10. The zero-order valence-electron chi connectivity index (χ0n) is 12.4. The molecule has 2 aromatic rings. The van der Waals surface area contributed by atoms with Crippen LogP contribution in [0.2, 0.25) is 0 Å². The van der Waals surface area contributed by atoms with Crippen LogP contribution in [0.4, 0.5) is 5.69 Å². The summed E-state index contributed by atoms with van der Waals surface area (Å²) in [5.41, 5.74) is 6.06. The van der Waals surface area contributed by atoms with Gasteiger partial charge in [0, 0.05) is 16.7 Å². The van der Waals surface area contributed by atoms with Crippen molar-refractivity contribution >= 4 is 21.6 Å². The number of benzene rings is 2. The van der Waals surface area contributed by atoms with Crippen molar-refractivity contribution in [3.05, 3.63) is 57.1 Å². The van der Waals surface area contributed by atoms with Crippen LogP contribution >= 0.6 is 15.9 Å². The van der Waals surface area contributed by atoms with E-state index in [1.807, 2.05) is 6.07 Å². The first-order valence-electron chi connectivity index (χ1n) is 6.65. The molecule has 0 amide bonds. The van der Waals surface area contributed by atoms with Gasteiger partial charge in [0.1, 0.15) is 5.75 Å². The normalized spacial score (nSPS) is 10.4. The third-order valence-corrected chi connectivity index (χ3v) is 4.64. The van der Waals surface area contributed by atoms with Gasteiger partial charge in [0.05, 0.1) is 7.11 Å². The Bertz CT molecular complexity index is 599. The number of hydrogen-bond acceptors (Lipinski definition) is 2. The minimum atomic E-state index is 0.811. The summed E-state index contributed by atoms with van der Waals surface area (Å²) in [6.07, 6.45) is 0. The van der Waals surface area contributed by atoms with Crippen molar-refractivity contribution in [3.8, 4) is 5.75 Å². The van der Waals surface area contributed by atoms with Crippen LogP contribution in [0.1, 0.15) is 22.3 Å². The molecule has 0 atom stereocenters. The minimum absolute atomic E-state index is 0.811. The molecule has 3 heteroatoms. The van der Waals surface area contributed by atoms with Gasteiger partial charge in [-0.25, -0.2) is 0 Å². The van der Waals surface area contributed by atoms with E-state index in [0.717, 1.165) is 23.5 Å². The van der Waals surface area contributed by atoms with E-state index in [9.17, 15) is 0 Å². The van der Waals surface area contributed by atoms with E-state index >= 15 is 0 Å². The highest BCUT2D eigenvalue weighted by Gasteiger charge is 2.03. The lowest BCUT2D eigenvalue weighted by molar-refractivity contribution is 0.411. The van der Waals surface area contributed by atoms with Crippen molar-refractivity contribution in [1.29, 1.82) is 0 Å². The van der Waals surface area contributed by atoms with Gasteiger partial charge < -0.3 is 10.1 Å². The Morgan fingerprint density at radius 1 is 1.00 bits per heavy atom. The second-order valence-electron chi connectivity index (χ2n) is 5.08. The largest absolute Gasteiger partial charge is 0.496 e. The van der Waals surface area contributed by atoms with Crippen molar-refractivity contribution in [2.24, 2.45) is 0 Å². The molecule has 0 unspecified atom stereocenters. The van der Waals surface area contributed by atoms with Gasteiger partial charge in [-0.2, -0.15) is 0 Å². The van der Waals surface area contributed by atoms with E-state index < -0.39 is 0 Å². The van der Waals surface area contributed by atoms with Crippen LogP contribution < -0.4 is 10.1 Å². The van der Waals surface area contributed by atoms with Gasteiger partial charge in [-0.05, 0) is 61.2 Å². The molecule has 106 valence electrons. The zero-order valence-corrected chi connectivity index (χ0v) is 14.0. The van der Waals surface area contributed by atoms with Gasteiger partial charge in [-0.3, -0.25) is 0 Å². The second kappa shape index (κ2) is 6.31.